The quantitative estimate of drug-likeness (QED) is 0.796. The van der Waals surface area contributed by atoms with Crippen LogP contribution in [0.1, 0.15) is 11.1 Å². The molecule has 2 aromatic carbocycles. The van der Waals surface area contributed by atoms with E-state index in [1.54, 1.807) is 36.4 Å². The molecular weight excluding hydrogens is 308 g/mol. The van der Waals surface area contributed by atoms with Crippen LogP contribution in [-0.4, -0.2) is 30.2 Å². The van der Waals surface area contributed by atoms with Crippen LogP contribution in [-0.2, 0) is 4.79 Å². The van der Waals surface area contributed by atoms with Crippen molar-refractivity contribution in [3.05, 3.63) is 59.7 Å². The van der Waals surface area contributed by atoms with E-state index in [9.17, 15) is 15.0 Å². The highest BCUT2D eigenvalue weighted by Crippen LogP contribution is 2.31. The first-order chi connectivity index (χ1) is 11.6. The minimum absolute atomic E-state index is 0.0292. The molecule has 24 heavy (non-hydrogen) atoms. The minimum Gasteiger partial charge on any atom is -0.504 e. The van der Waals surface area contributed by atoms with E-state index in [1.165, 1.54) is 38.5 Å². The Bertz CT molecular complexity index is 725. The molecule has 124 valence electrons. The van der Waals surface area contributed by atoms with Crippen LogP contribution in [0.3, 0.4) is 0 Å². The average Bonchev–Trinajstić information content (AvgIpc) is 2.60. The van der Waals surface area contributed by atoms with Crippen LogP contribution in [0, 0.1) is 0 Å². The molecule has 0 aliphatic heterocycles. The molecule has 0 unspecified atom stereocenters. The summed E-state index contributed by atoms with van der Waals surface area (Å²) in [6.45, 7) is 0. The van der Waals surface area contributed by atoms with E-state index in [2.05, 4.69) is 0 Å². The van der Waals surface area contributed by atoms with Gasteiger partial charge in [0.25, 0.3) is 0 Å². The van der Waals surface area contributed by atoms with Gasteiger partial charge in [-0.05, 0) is 36.4 Å². The van der Waals surface area contributed by atoms with Gasteiger partial charge in [-0.3, -0.25) is 4.79 Å². The lowest BCUT2D eigenvalue weighted by atomic mass is 10.1. The molecule has 5 nitrogen and oxygen atoms in total. The fourth-order valence-electron chi connectivity index (χ4n) is 2.08. The van der Waals surface area contributed by atoms with Crippen LogP contribution < -0.4 is 9.47 Å². The maximum absolute atomic E-state index is 11.9. The van der Waals surface area contributed by atoms with Gasteiger partial charge in [0.2, 0.25) is 0 Å². The molecular formula is C19H18O5. The standard InChI is InChI=1S/C19H18O5/c1-23-16-7-3-5-13(18(16)21)9-11-15(20)12-10-14-6-4-8-17(24-2)19(14)22/h3-12,21-22H,1-2H3/b11-9+,12-10+. The second kappa shape index (κ2) is 7.87. The molecule has 2 rings (SSSR count). The van der Waals surface area contributed by atoms with Crippen LogP contribution in [0.4, 0.5) is 0 Å². The first-order valence-electron chi connectivity index (χ1n) is 7.19. The summed E-state index contributed by atoms with van der Waals surface area (Å²) in [6, 6.07) is 10.0. The Balaban J connectivity index is 2.14. The molecule has 0 fully saturated rings. The lowest BCUT2D eigenvalue weighted by Gasteiger charge is -2.05. The maximum atomic E-state index is 11.9. The second-order valence-corrected chi connectivity index (χ2v) is 4.87. The maximum Gasteiger partial charge on any atom is 0.178 e. The number of carbonyl (C=O) groups excluding carboxylic acids is 1. The summed E-state index contributed by atoms with van der Waals surface area (Å²) in [4.78, 5) is 11.9. The van der Waals surface area contributed by atoms with Crippen molar-refractivity contribution >= 4 is 17.9 Å². The molecule has 0 bridgehead atoms. The van der Waals surface area contributed by atoms with Gasteiger partial charge < -0.3 is 19.7 Å². The van der Waals surface area contributed by atoms with E-state index in [4.69, 9.17) is 9.47 Å². The summed E-state index contributed by atoms with van der Waals surface area (Å²) < 4.78 is 10.0. The number of aromatic hydroxyl groups is 2. The van der Waals surface area contributed by atoms with E-state index in [0.29, 0.717) is 22.6 Å². The van der Waals surface area contributed by atoms with E-state index in [-0.39, 0.29) is 17.3 Å². The number of phenolic OH excluding ortho intramolecular Hbond substituents is 2. The van der Waals surface area contributed by atoms with Crippen molar-refractivity contribution in [2.45, 2.75) is 0 Å². The second-order valence-electron chi connectivity index (χ2n) is 4.87. The van der Waals surface area contributed by atoms with Crippen LogP contribution in [0.2, 0.25) is 0 Å². The Kier molecular flexibility index (Phi) is 5.63. The smallest absolute Gasteiger partial charge is 0.178 e. The number of rotatable bonds is 6. The predicted molar refractivity (Wildman–Crippen MR) is 92.4 cm³/mol. The third kappa shape index (κ3) is 3.95. The van der Waals surface area contributed by atoms with Gasteiger partial charge in [-0.1, -0.05) is 24.3 Å². The number of phenols is 2. The van der Waals surface area contributed by atoms with Crippen molar-refractivity contribution in [2.75, 3.05) is 14.2 Å². The van der Waals surface area contributed by atoms with E-state index in [1.807, 2.05) is 0 Å². The molecule has 2 aromatic rings. The highest BCUT2D eigenvalue weighted by atomic mass is 16.5. The van der Waals surface area contributed by atoms with Crippen LogP contribution in [0.5, 0.6) is 23.0 Å². The van der Waals surface area contributed by atoms with Crippen molar-refractivity contribution in [3.63, 3.8) is 0 Å². The van der Waals surface area contributed by atoms with Gasteiger partial charge in [-0.15, -0.1) is 0 Å². The van der Waals surface area contributed by atoms with Crippen LogP contribution in [0.25, 0.3) is 12.2 Å². The summed E-state index contributed by atoms with van der Waals surface area (Å²) in [5.41, 5.74) is 0.945. The number of hydrogen-bond donors (Lipinski definition) is 2. The van der Waals surface area contributed by atoms with Crippen molar-refractivity contribution in [1.82, 2.24) is 0 Å². The molecule has 5 heteroatoms. The van der Waals surface area contributed by atoms with Gasteiger partial charge in [0, 0.05) is 11.1 Å². The number of carbonyl (C=O) groups is 1. The molecule has 0 aliphatic rings. The van der Waals surface area contributed by atoms with Gasteiger partial charge in [-0.2, -0.15) is 0 Å². The molecule has 0 heterocycles. The zero-order chi connectivity index (χ0) is 17.5. The summed E-state index contributed by atoms with van der Waals surface area (Å²) >= 11 is 0. The predicted octanol–water partition coefficient (Wildman–Crippen LogP) is 3.41. The van der Waals surface area contributed by atoms with Gasteiger partial charge in [0.05, 0.1) is 14.2 Å². The molecule has 0 radical (unpaired) electrons. The largest absolute Gasteiger partial charge is 0.504 e. The Hall–Kier alpha value is -3.21. The first-order valence-corrected chi connectivity index (χ1v) is 7.19. The Labute approximate surface area is 140 Å². The number of ether oxygens (including phenoxy) is 2. The number of benzene rings is 2. The molecule has 0 spiro atoms. The van der Waals surface area contributed by atoms with Crippen molar-refractivity contribution in [1.29, 1.82) is 0 Å². The molecule has 0 aromatic heterocycles. The zero-order valence-electron chi connectivity index (χ0n) is 13.4. The summed E-state index contributed by atoms with van der Waals surface area (Å²) in [5, 5.41) is 19.9. The fourth-order valence-corrected chi connectivity index (χ4v) is 2.08. The normalized spacial score (nSPS) is 11.1. The van der Waals surface area contributed by atoms with Gasteiger partial charge in [0.1, 0.15) is 0 Å². The number of para-hydroxylation sites is 2. The van der Waals surface area contributed by atoms with Gasteiger partial charge in [0.15, 0.2) is 28.8 Å². The van der Waals surface area contributed by atoms with Crippen molar-refractivity contribution < 1.29 is 24.5 Å². The molecule has 0 amide bonds. The highest BCUT2D eigenvalue weighted by Gasteiger charge is 2.06. The summed E-state index contributed by atoms with van der Waals surface area (Å²) in [6.07, 6.45) is 5.64. The number of ketones is 1. The monoisotopic (exact) mass is 326 g/mol. The van der Waals surface area contributed by atoms with Gasteiger partial charge >= 0.3 is 0 Å². The molecule has 0 aliphatic carbocycles. The summed E-state index contributed by atoms with van der Waals surface area (Å²) in [5.74, 6) is 0.319. The van der Waals surface area contributed by atoms with Crippen LogP contribution in [0.15, 0.2) is 48.6 Å². The Morgan fingerprint density at radius 2 is 1.25 bits per heavy atom. The summed E-state index contributed by atoms with van der Waals surface area (Å²) in [7, 11) is 2.91. The van der Waals surface area contributed by atoms with Crippen LogP contribution >= 0.6 is 0 Å². The van der Waals surface area contributed by atoms with E-state index < -0.39 is 0 Å². The highest BCUT2D eigenvalue weighted by molar-refractivity contribution is 6.04. The number of allylic oxidation sites excluding steroid dienone is 2. The molecule has 0 saturated heterocycles. The lowest BCUT2D eigenvalue weighted by Crippen LogP contribution is -1.88. The third-order valence-corrected chi connectivity index (χ3v) is 3.35. The minimum atomic E-state index is -0.292. The SMILES string of the molecule is COc1cccc(/C=C/C(=O)/C=C/c2cccc(OC)c2O)c1O. The lowest BCUT2D eigenvalue weighted by molar-refractivity contribution is -0.110. The van der Waals surface area contributed by atoms with Crippen molar-refractivity contribution in [3.8, 4) is 23.0 Å². The van der Waals surface area contributed by atoms with E-state index >= 15 is 0 Å². The van der Waals surface area contributed by atoms with E-state index in [0.717, 1.165) is 0 Å². The van der Waals surface area contributed by atoms with Gasteiger partial charge in [-0.25, -0.2) is 0 Å². The fraction of sp³-hybridized carbons (Fsp3) is 0.105. The Morgan fingerprint density at radius 1 is 0.833 bits per heavy atom. The molecule has 0 saturated carbocycles. The number of methoxy groups -OCH3 is 2. The third-order valence-electron chi connectivity index (χ3n) is 3.35. The zero-order valence-corrected chi connectivity index (χ0v) is 13.4. The van der Waals surface area contributed by atoms with Crippen molar-refractivity contribution in [2.24, 2.45) is 0 Å². The average molecular weight is 326 g/mol. The first kappa shape index (κ1) is 17.1. The topological polar surface area (TPSA) is 76.0 Å². The Morgan fingerprint density at radius 3 is 1.62 bits per heavy atom. The molecule has 2 N–H and O–H groups in total. The molecule has 0 atom stereocenters. The number of hydrogen-bond acceptors (Lipinski definition) is 5.